The highest BCUT2D eigenvalue weighted by Crippen LogP contribution is 2.27. The Bertz CT molecular complexity index is 974. The molecule has 2 rings (SSSR count). The van der Waals surface area contributed by atoms with E-state index in [-0.39, 0.29) is 16.2 Å². The molecule has 0 saturated carbocycles. The van der Waals surface area contributed by atoms with Crippen molar-refractivity contribution in [3.05, 3.63) is 53.8 Å². The van der Waals surface area contributed by atoms with Gasteiger partial charge in [-0.3, -0.25) is 4.79 Å². The van der Waals surface area contributed by atoms with Crippen molar-refractivity contribution in [2.75, 3.05) is 33.1 Å². The van der Waals surface area contributed by atoms with E-state index >= 15 is 0 Å². The van der Waals surface area contributed by atoms with E-state index in [4.69, 9.17) is 9.47 Å². The highest BCUT2D eigenvalue weighted by atomic mass is 32.2. The van der Waals surface area contributed by atoms with E-state index in [1.165, 1.54) is 57.6 Å². The number of halogens is 1. The van der Waals surface area contributed by atoms with Crippen LogP contribution in [0.1, 0.15) is 10.4 Å². The molecule has 28 heavy (non-hydrogen) atoms. The zero-order valence-electron chi connectivity index (χ0n) is 15.4. The normalized spacial score (nSPS) is 11.2. The summed E-state index contributed by atoms with van der Waals surface area (Å²) in [5.74, 6) is -1.89. The van der Waals surface area contributed by atoms with Gasteiger partial charge in [0.05, 0.1) is 12.7 Å². The van der Waals surface area contributed by atoms with Gasteiger partial charge < -0.3 is 14.8 Å². The number of carbonyl (C=O) groups is 2. The second-order valence-corrected chi connectivity index (χ2v) is 7.90. The Balaban J connectivity index is 2.09. The molecule has 0 spiro atoms. The Morgan fingerprint density at radius 3 is 2.32 bits per heavy atom. The third-order valence-corrected chi connectivity index (χ3v) is 5.46. The van der Waals surface area contributed by atoms with E-state index in [9.17, 15) is 22.4 Å². The van der Waals surface area contributed by atoms with Crippen LogP contribution in [0.4, 0.5) is 10.1 Å². The van der Waals surface area contributed by atoms with Crippen molar-refractivity contribution in [3.63, 3.8) is 0 Å². The van der Waals surface area contributed by atoms with Gasteiger partial charge >= 0.3 is 5.97 Å². The summed E-state index contributed by atoms with van der Waals surface area (Å²) >= 11 is 0. The molecule has 0 aliphatic heterocycles. The summed E-state index contributed by atoms with van der Waals surface area (Å²) in [7, 11) is 0.140. The smallest absolute Gasteiger partial charge is 0.338 e. The third kappa shape index (κ3) is 5.05. The summed E-state index contributed by atoms with van der Waals surface area (Å²) in [6, 6.07) is 8.83. The van der Waals surface area contributed by atoms with Crippen LogP contribution in [0.5, 0.6) is 5.75 Å². The highest BCUT2D eigenvalue weighted by molar-refractivity contribution is 7.89. The predicted molar refractivity (Wildman–Crippen MR) is 99.2 cm³/mol. The number of nitrogens with zero attached hydrogens (tertiary/aromatic N) is 1. The molecule has 0 fully saturated rings. The number of amides is 1. The average Bonchev–Trinajstić information content (AvgIpc) is 2.67. The van der Waals surface area contributed by atoms with Gasteiger partial charge in [0, 0.05) is 19.8 Å². The fourth-order valence-corrected chi connectivity index (χ4v) is 3.22. The Morgan fingerprint density at radius 1 is 1.11 bits per heavy atom. The molecule has 0 aromatic heterocycles. The minimum Gasteiger partial charge on any atom is -0.495 e. The number of rotatable bonds is 7. The second-order valence-electron chi connectivity index (χ2n) is 5.78. The fourth-order valence-electron chi connectivity index (χ4n) is 2.15. The molecule has 0 radical (unpaired) electrons. The summed E-state index contributed by atoms with van der Waals surface area (Å²) in [6.07, 6.45) is 0. The number of hydrogen-bond acceptors (Lipinski definition) is 6. The molecule has 0 unspecified atom stereocenters. The quantitative estimate of drug-likeness (QED) is 0.700. The molecule has 2 aromatic carbocycles. The molecule has 2 aromatic rings. The van der Waals surface area contributed by atoms with Crippen LogP contribution in [0, 0.1) is 5.82 Å². The number of hydrogen-bond donors (Lipinski definition) is 1. The lowest BCUT2D eigenvalue weighted by atomic mass is 10.2. The van der Waals surface area contributed by atoms with Gasteiger partial charge in [0.2, 0.25) is 10.0 Å². The molecule has 0 aliphatic rings. The van der Waals surface area contributed by atoms with Gasteiger partial charge in [-0.15, -0.1) is 0 Å². The largest absolute Gasteiger partial charge is 0.495 e. The molecular weight excluding hydrogens is 391 g/mol. The van der Waals surface area contributed by atoms with E-state index in [0.717, 1.165) is 10.4 Å². The summed E-state index contributed by atoms with van der Waals surface area (Å²) in [6.45, 7) is -0.599. The molecule has 150 valence electrons. The van der Waals surface area contributed by atoms with Crippen LogP contribution in [-0.4, -0.2) is 52.4 Å². The van der Waals surface area contributed by atoms with E-state index in [0.29, 0.717) is 5.69 Å². The van der Waals surface area contributed by atoms with Crippen molar-refractivity contribution in [3.8, 4) is 5.75 Å². The minimum atomic E-state index is -3.86. The van der Waals surface area contributed by atoms with Crippen LogP contribution in [0.3, 0.4) is 0 Å². The lowest BCUT2D eigenvalue weighted by Crippen LogP contribution is -2.24. The predicted octanol–water partition coefficient (Wildman–Crippen LogP) is 1.88. The first-order valence-corrected chi connectivity index (χ1v) is 9.42. The molecule has 10 heteroatoms. The van der Waals surface area contributed by atoms with Crippen LogP contribution >= 0.6 is 0 Å². The fraction of sp³-hybridized carbons (Fsp3) is 0.222. The van der Waals surface area contributed by atoms with E-state index in [2.05, 4.69) is 5.32 Å². The molecule has 0 aliphatic carbocycles. The summed E-state index contributed by atoms with van der Waals surface area (Å²) in [5.41, 5.74) is 0.280. The van der Waals surface area contributed by atoms with Crippen LogP contribution < -0.4 is 10.1 Å². The maximum Gasteiger partial charge on any atom is 0.338 e. The van der Waals surface area contributed by atoms with Crippen molar-refractivity contribution in [2.24, 2.45) is 0 Å². The molecule has 1 amide bonds. The number of anilines is 1. The van der Waals surface area contributed by atoms with E-state index in [1.807, 2.05) is 0 Å². The van der Waals surface area contributed by atoms with Gasteiger partial charge in [-0.2, -0.15) is 0 Å². The van der Waals surface area contributed by atoms with Gasteiger partial charge in [-0.05, 0) is 42.5 Å². The van der Waals surface area contributed by atoms with Crippen LogP contribution in [-0.2, 0) is 19.6 Å². The Labute approximate surface area is 161 Å². The topological polar surface area (TPSA) is 102 Å². The standard InChI is InChI=1S/C18H19FN2O6S/c1-21(2)28(24,25)16-10-12(4-9-15(16)26-3)18(23)27-11-17(22)20-14-7-5-13(19)6-8-14/h4-10H,11H2,1-3H3,(H,20,22). The number of carbonyl (C=O) groups excluding carboxylic acids is 2. The number of esters is 1. The van der Waals surface area contributed by atoms with Crippen LogP contribution in [0.15, 0.2) is 47.4 Å². The number of methoxy groups -OCH3 is 1. The molecule has 0 bridgehead atoms. The Hall–Kier alpha value is -2.98. The second kappa shape index (κ2) is 8.81. The number of nitrogens with one attached hydrogen (secondary N) is 1. The SMILES string of the molecule is COc1ccc(C(=O)OCC(=O)Nc2ccc(F)cc2)cc1S(=O)(=O)N(C)C. The Kier molecular flexibility index (Phi) is 6.71. The molecule has 0 saturated heterocycles. The highest BCUT2D eigenvalue weighted by Gasteiger charge is 2.24. The molecule has 8 nitrogen and oxygen atoms in total. The first-order valence-electron chi connectivity index (χ1n) is 7.98. The van der Waals surface area contributed by atoms with Crippen LogP contribution in [0.25, 0.3) is 0 Å². The van der Waals surface area contributed by atoms with Gasteiger partial charge in [0.1, 0.15) is 16.5 Å². The van der Waals surface area contributed by atoms with Gasteiger partial charge in [-0.25, -0.2) is 21.9 Å². The maximum atomic E-state index is 12.8. The number of ether oxygens (including phenoxy) is 2. The number of benzene rings is 2. The summed E-state index contributed by atoms with van der Waals surface area (Å²) in [5, 5.41) is 2.44. The van der Waals surface area contributed by atoms with Crippen molar-refractivity contribution < 1.29 is 31.9 Å². The average molecular weight is 410 g/mol. The maximum absolute atomic E-state index is 12.8. The lowest BCUT2D eigenvalue weighted by Gasteiger charge is -2.15. The van der Waals surface area contributed by atoms with Crippen LogP contribution in [0.2, 0.25) is 0 Å². The first kappa shape index (κ1) is 21.3. The molecule has 0 atom stereocenters. The Morgan fingerprint density at radius 2 is 1.75 bits per heavy atom. The summed E-state index contributed by atoms with van der Waals surface area (Å²) < 4.78 is 48.6. The van der Waals surface area contributed by atoms with E-state index in [1.54, 1.807) is 0 Å². The van der Waals surface area contributed by atoms with Crippen molar-refractivity contribution in [1.82, 2.24) is 4.31 Å². The third-order valence-electron chi connectivity index (χ3n) is 3.62. The first-order chi connectivity index (χ1) is 13.1. The van der Waals surface area contributed by atoms with Gasteiger partial charge in [0.25, 0.3) is 5.91 Å². The molecular formula is C18H19FN2O6S. The molecule has 0 heterocycles. The van der Waals surface area contributed by atoms with Gasteiger partial charge in [0.15, 0.2) is 6.61 Å². The van der Waals surface area contributed by atoms with E-state index < -0.39 is 34.3 Å². The van der Waals surface area contributed by atoms with Crippen molar-refractivity contribution >= 4 is 27.6 Å². The number of sulfonamides is 1. The lowest BCUT2D eigenvalue weighted by molar-refractivity contribution is -0.119. The zero-order valence-corrected chi connectivity index (χ0v) is 16.2. The van der Waals surface area contributed by atoms with Crippen molar-refractivity contribution in [1.29, 1.82) is 0 Å². The monoisotopic (exact) mass is 410 g/mol. The van der Waals surface area contributed by atoms with Gasteiger partial charge in [-0.1, -0.05) is 0 Å². The zero-order chi connectivity index (χ0) is 20.9. The minimum absolute atomic E-state index is 0.0594. The summed E-state index contributed by atoms with van der Waals surface area (Å²) in [4.78, 5) is 23.8. The van der Waals surface area contributed by atoms with Crippen molar-refractivity contribution in [2.45, 2.75) is 4.90 Å². The molecule has 1 N–H and O–H groups in total.